The molecule has 1 aliphatic rings. The molecule has 5 nitrogen and oxygen atoms in total. The van der Waals surface area contributed by atoms with Gasteiger partial charge in [0.1, 0.15) is 11.6 Å². The van der Waals surface area contributed by atoms with E-state index < -0.39 is 0 Å². The number of amides is 1. The van der Waals surface area contributed by atoms with Gasteiger partial charge in [-0.1, -0.05) is 0 Å². The predicted octanol–water partition coefficient (Wildman–Crippen LogP) is 3.07. The van der Waals surface area contributed by atoms with Crippen molar-refractivity contribution in [3.05, 3.63) is 72.2 Å². The van der Waals surface area contributed by atoms with E-state index in [0.29, 0.717) is 13.0 Å². The summed E-state index contributed by atoms with van der Waals surface area (Å²) in [5, 5.41) is 7.41. The van der Waals surface area contributed by atoms with Gasteiger partial charge in [0.25, 0.3) is 0 Å². The Balaban J connectivity index is 1.27. The molecule has 1 aliphatic carbocycles. The third-order valence-electron chi connectivity index (χ3n) is 4.45. The molecule has 6 heteroatoms. The topological polar surface area (TPSA) is 60.1 Å². The van der Waals surface area contributed by atoms with Crippen molar-refractivity contribution in [2.24, 2.45) is 5.92 Å². The van der Waals surface area contributed by atoms with Crippen molar-refractivity contribution in [1.29, 1.82) is 0 Å². The summed E-state index contributed by atoms with van der Waals surface area (Å²) in [5.41, 5.74) is 1.68. The number of rotatable bonds is 6. The van der Waals surface area contributed by atoms with Crippen molar-refractivity contribution < 1.29 is 13.6 Å². The maximum absolute atomic E-state index is 13.0. The van der Waals surface area contributed by atoms with Gasteiger partial charge in [-0.2, -0.15) is 5.10 Å². The Morgan fingerprint density at radius 3 is 2.88 bits per heavy atom. The molecule has 2 unspecified atom stereocenters. The Labute approximate surface area is 144 Å². The Kier molecular flexibility index (Phi) is 4.09. The smallest absolute Gasteiger partial charge is 0.223 e. The van der Waals surface area contributed by atoms with Crippen LogP contribution < -0.4 is 5.32 Å². The number of nitrogens with one attached hydrogen (secondary N) is 1. The highest BCUT2D eigenvalue weighted by Gasteiger charge is 2.45. The minimum atomic E-state index is -0.272. The van der Waals surface area contributed by atoms with Gasteiger partial charge in [0, 0.05) is 31.0 Å². The summed E-state index contributed by atoms with van der Waals surface area (Å²) in [6, 6.07) is 11.8. The molecule has 0 radical (unpaired) electrons. The van der Waals surface area contributed by atoms with Gasteiger partial charge >= 0.3 is 0 Å². The second-order valence-corrected chi connectivity index (χ2v) is 6.23. The summed E-state index contributed by atoms with van der Waals surface area (Å²) in [5.74, 6) is 0.917. The normalized spacial score (nSPS) is 18.9. The van der Waals surface area contributed by atoms with Gasteiger partial charge in [0.05, 0.1) is 17.6 Å². The molecular weight excluding hydrogens is 321 g/mol. The summed E-state index contributed by atoms with van der Waals surface area (Å²) in [4.78, 5) is 12.1. The van der Waals surface area contributed by atoms with Crippen molar-refractivity contribution in [3.63, 3.8) is 0 Å². The average Bonchev–Trinajstić information content (AvgIpc) is 3.02. The first kappa shape index (κ1) is 15.6. The monoisotopic (exact) mass is 339 g/mol. The van der Waals surface area contributed by atoms with E-state index in [0.717, 1.165) is 23.6 Å². The van der Waals surface area contributed by atoms with Gasteiger partial charge < -0.3 is 9.73 Å². The second-order valence-electron chi connectivity index (χ2n) is 6.23. The number of aromatic nitrogens is 2. The minimum absolute atomic E-state index is 0.0166. The van der Waals surface area contributed by atoms with E-state index in [2.05, 4.69) is 10.4 Å². The van der Waals surface area contributed by atoms with Crippen LogP contribution >= 0.6 is 0 Å². The van der Waals surface area contributed by atoms with Crippen LogP contribution in [-0.4, -0.2) is 22.2 Å². The van der Waals surface area contributed by atoms with Crippen LogP contribution in [0.1, 0.15) is 23.8 Å². The van der Waals surface area contributed by atoms with Gasteiger partial charge in [0.2, 0.25) is 5.91 Å². The van der Waals surface area contributed by atoms with Gasteiger partial charge in [-0.25, -0.2) is 9.07 Å². The number of furan rings is 1. The van der Waals surface area contributed by atoms with Crippen molar-refractivity contribution in [3.8, 4) is 5.69 Å². The molecule has 4 rings (SSSR count). The standard InChI is InChI=1S/C19H18FN3O2/c20-13-3-5-15(6-4-13)23-10-8-14(22-23)7-9-21-19(24)17-12-16(17)18-2-1-11-25-18/h1-6,8,10-11,16-17H,7,9,12H2,(H,21,24). The van der Waals surface area contributed by atoms with Crippen LogP contribution in [0.3, 0.4) is 0 Å². The number of carbonyl (C=O) groups excluding carboxylic acids is 1. The molecule has 25 heavy (non-hydrogen) atoms. The van der Waals surface area contributed by atoms with Crippen LogP contribution in [0.25, 0.3) is 5.69 Å². The number of hydrogen-bond donors (Lipinski definition) is 1. The molecule has 2 aromatic heterocycles. The van der Waals surface area contributed by atoms with E-state index in [-0.39, 0.29) is 23.6 Å². The van der Waals surface area contributed by atoms with Gasteiger partial charge in [-0.3, -0.25) is 4.79 Å². The lowest BCUT2D eigenvalue weighted by Gasteiger charge is -2.03. The first-order chi connectivity index (χ1) is 12.2. The van der Waals surface area contributed by atoms with E-state index >= 15 is 0 Å². The van der Waals surface area contributed by atoms with Crippen molar-refractivity contribution in [2.45, 2.75) is 18.8 Å². The molecule has 1 fully saturated rings. The lowest BCUT2D eigenvalue weighted by atomic mass is 10.2. The molecule has 128 valence electrons. The highest BCUT2D eigenvalue weighted by molar-refractivity contribution is 5.82. The van der Waals surface area contributed by atoms with Crippen LogP contribution in [0.15, 0.2) is 59.3 Å². The zero-order valence-corrected chi connectivity index (χ0v) is 13.6. The molecule has 2 heterocycles. The average molecular weight is 339 g/mol. The zero-order valence-electron chi connectivity index (χ0n) is 13.6. The zero-order chi connectivity index (χ0) is 17.2. The van der Waals surface area contributed by atoms with Crippen LogP contribution in [0.2, 0.25) is 0 Å². The summed E-state index contributed by atoms with van der Waals surface area (Å²) in [6.45, 7) is 0.542. The van der Waals surface area contributed by atoms with E-state index in [4.69, 9.17) is 4.42 Å². The maximum Gasteiger partial charge on any atom is 0.223 e. The number of carbonyl (C=O) groups is 1. The van der Waals surface area contributed by atoms with Crippen molar-refractivity contribution >= 4 is 5.91 Å². The minimum Gasteiger partial charge on any atom is -0.469 e. The molecular formula is C19H18FN3O2. The lowest BCUT2D eigenvalue weighted by Crippen LogP contribution is -2.27. The molecule has 3 aromatic rings. The second kappa shape index (κ2) is 6.55. The number of benzene rings is 1. The number of halogens is 1. The largest absolute Gasteiger partial charge is 0.469 e. The molecule has 1 saturated carbocycles. The highest BCUT2D eigenvalue weighted by atomic mass is 19.1. The van der Waals surface area contributed by atoms with Gasteiger partial charge in [0.15, 0.2) is 0 Å². The summed E-state index contributed by atoms with van der Waals surface area (Å²) >= 11 is 0. The summed E-state index contributed by atoms with van der Waals surface area (Å²) < 4.78 is 20.0. The highest BCUT2D eigenvalue weighted by Crippen LogP contribution is 2.47. The van der Waals surface area contributed by atoms with Crippen molar-refractivity contribution in [1.82, 2.24) is 15.1 Å². The quantitative estimate of drug-likeness (QED) is 0.751. The lowest BCUT2D eigenvalue weighted by molar-refractivity contribution is -0.122. The Morgan fingerprint density at radius 2 is 2.12 bits per heavy atom. The Bertz CT molecular complexity index is 855. The van der Waals surface area contributed by atoms with Gasteiger partial charge in [-0.15, -0.1) is 0 Å². The van der Waals surface area contributed by atoms with E-state index in [1.165, 1.54) is 12.1 Å². The predicted molar refractivity (Wildman–Crippen MR) is 89.8 cm³/mol. The first-order valence-electron chi connectivity index (χ1n) is 8.32. The SMILES string of the molecule is O=C(NCCc1ccn(-c2ccc(F)cc2)n1)C1CC1c1ccco1. The van der Waals surface area contributed by atoms with E-state index in [1.807, 2.05) is 24.4 Å². The third-order valence-corrected chi connectivity index (χ3v) is 4.45. The molecule has 0 bridgehead atoms. The maximum atomic E-state index is 13.0. The molecule has 2 atom stereocenters. The van der Waals surface area contributed by atoms with E-state index in [1.54, 1.807) is 23.1 Å². The number of hydrogen-bond acceptors (Lipinski definition) is 3. The molecule has 0 saturated heterocycles. The Morgan fingerprint density at radius 1 is 1.28 bits per heavy atom. The van der Waals surface area contributed by atoms with Gasteiger partial charge in [-0.05, 0) is 48.9 Å². The molecule has 1 N–H and O–H groups in total. The first-order valence-corrected chi connectivity index (χ1v) is 8.32. The fourth-order valence-electron chi connectivity index (χ4n) is 2.98. The fourth-order valence-corrected chi connectivity index (χ4v) is 2.98. The third kappa shape index (κ3) is 3.47. The molecule has 0 spiro atoms. The van der Waals surface area contributed by atoms with Crippen LogP contribution in [0.5, 0.6) is 0 Å². The summed E-state index contributed by atoms with van der Waals surface area (Å²) in [7, 11) is 0. The number of nitrogens with zero attached hydrogens (tertiary/aromatic N) is 2. The van der Waals surface area contributed by atoms with Crippen LogP contribution in [-0.2, 0) is 11.2 Å². The molecule has 1 aromatic carbocycles. The van der Waals surface area contributed by atoms with Crippen LogP contribution in [0.4, 0.5) is 4.39 Å². The fraction of sp³-hybridized carbons (Fsp3) is 0.263. The van der Waals surface area contributed by atoms with E-state index in [9.17, 15) is 9.18 Å². The Hall–Kier alpha value is -2.89. The molecule has 1 amide bonds. The van der Waals surface area contributed by atoms with Crippen LogP contribution in [0, 0.1) is 11.7 Å². The van der Waals surface area contributed by atoms with Crippen molar-refractivity contribution in [2.75, 3.05) is 6.54 Å². The molecule has 0 aliphatic heterocycles. The summed E-state index contributed by atoms with van der Waals surface area (Å²) in [6.07, 6.45) is 4.97.